The SMILES string of the molecule is COc1ccc(CNC(=O)C(=O)NCC(c2ccsc2)N2CCN(C)CC2)cc1. The number of ether oxygens (including phenoxy) is 1. The number of nitrogens with one attached hydrogen (secondary N) is 2. The topological polar surface area (TPSA) is 73.9 Å². The van der Waals surface area contributed by atoms with E-state index in [-0.39, 0.29) is 6.04 Å². The predicted molar refractivity (Wildman–Crippen MR) is 114 cm³/mol. The van der Waals surface area contributed by atoms with Crippen molar-refractivity contribution in [3.8, 4) is 5.75 Å². The molecule has 1 aromatic carbocycles. The summed E-state index contributed by atoms with van der Waals surface area (Å²) in [7, 11) is 3.72. The van der Waals surface area contributed by atoms with Crippen molar-refractivity contribution < 1.29 is 14.3 Å². The van der Waals surface area contributed by atoms with Gasteiger partial charge in [-0.3, -0.25) is 14.5 Å². The maximum Gasteiger partial charge on any atom is 0.309 e. The second kappa shape index (κ2) is 10.4. The van der Waals surface area contributed by atoms with Gasteiger partial charge in [0.2, 0.25) is 0 Å². The molecule has 1 unspecified atom stereocenters. The highest BCUT2D eigenvalue weighted by molar-refractivity contribution is 7.08. The molecule has 2 aromatic rings. The Balaban J connectivity index is 1.51. The fourth-order valence-corrected chi connectivity index (χ4v) is 4.04. The highest BCUT2D eigenvalue weighted by atomic mass is 32.1. The molecule has 1 aliphatic heterocycles. The summed E-state index contributed by atoms with van der Waals surface area (Å²) in [5.41, 5.74) is 2.08. The molecule has 0 spiro atoms. The Morgan fingerprint density at radius 2 is 1.76 bits per heavy atom. The number of likely N-dealkylation sites (N-methyl/N-ethyl adjacent to an activating group) is 1. The van der Waals surface area contributed by atoms with Crippen molar-refractivity contribution in [2.24, 2.45) is 0 Å². The van der Waals surface area contributed by atoms with Crippen LogP contribution < -0.4 is 15.4 Å². The Labute approximate surface area is 175 Å². The molecule has 0 saturated carbocycles. The Hall–Kier alpha value is -2.42. The molecular weight excluding hydrogens is 388 g/mol. The monoisotopic (exact) mass is 416 g/mol. The zero-order valence-corrected chi connectivity index (χ0v) is 17.7. The summed E-state index contributed by atoms with van der Waals surface area (Å²) in [5, 5.41) is 9.64. The molecule has 0 radical (unpaired) electrons. The first-order valence-electron chi connectivity index (χ1n) is 9.70. The number of nitrogens with zero attached hydrogens (tertiary/aromatic N) is 2. The van der Waals surface area contributed by atoms with Crippen LogP contribution in [-0.2, 0) is 16.1 Å². The van der Waals surface area contributed by atoms with E-state index in [4.69, 9.17) is 4.74 Å². The predicted octanol–water partition coefficient (Wildman–Crippen LogP) is 1.48. The molecule has 1 fully saturated rings. The second-order valence-electron chi connectivity index (χ2n) is 7.15. The van der Waals surface area contributed by atoms with E-state index >= 15 is 0 Å². The molecule has 2 N–H and O–H groups in total. The summed E-state index contributed by atoms with van der Waals surface area (Å²) < 4.78 is 5.12. The van der Waals surface area contributed by atoms with E-state index in [9.17, 15) is 9.59 Å². The molecule has 7 nitrogen and oxygen atoms in total. The van der Waals surface area contributed by atoms with Crippen LogP contribution in [0, 0.1) is 0 Å². The number of hydrogen-bond acceptors (Lipinski definition) is 6. The number of carbonyl (C=O) groups excluding carboxylic acids is 2. The fraction of sp³-hybridized carbons (Fsp3) is 0.429. The third-order valence-corrected chi connectivity index (χ3v) is 5.88. The van der Waals surface area contributed by atoms with E-state index in [2.05, 4.69) is 38.9 Å². The summed E-state index contributed by atoms with van der Waals surface area (Å²) in [6, 6.07) is 9.53. The fourth-order valence-electron chi connectivity index (χ4n) is 3.33. The van der Waals surface area contributed by atoms with E-state index in [1.165, 1.54) is 5.56 Å². The van der Waals surface area contributed by atoms with Gasteiger partial charge >= 0.3 is 11.8 Å². The van der Waals surface area contributed by atoms with E-state index in [0.29, 0.717) is 13.1 Å². The van der Waals surface area contributed by atoms with Gasteiger partial charge in [-0.25, -0.2) is 0 Å². The number of benzene rings is 1. The molecule has 0 bridgehead atoms. The number of methoxy groups -OCH3 is 1. The van der Waals surface area contributed by atoms with Gasteiger partial charge < -0.3 is 20.3 Å². The lowest BCUT2D eigenvalue weighted by Crippen LogP contribution is -2.49. The van der Waals surface area contributed by atoms with Gasteiger partial charge in [0, 0.05) is 39.3 Å². The van der Waals surface area contributed by atoms with Crippen LogP contribution in [-0.4, -0.2) is 68.5 Å². The number of carbonyl (C=O) groups is 2. The number of piperazine rings is 1. The van der Waals surface area contributed by atoms with E-state index in [0.717, 1.165) is 37.5 Å². The van der Waals surface area contributed by atoms with Crippen LogP contribution in [0.5, 0.6) is 5.75 Å². The zero-order chi connectivity index (χ0) is 20.6. The second-order valence-corrected chi connectivity index (χ2v) is 7.93. The third kappa shape index (κ3) is 6.03. The molecular formula is C21H28N4O3S. The van der Waals surface area contributed by atoms with Gasteiger partial charge in [0.1, 0.15) is 5.75 Å². The molecule has 1 atom stereocenters. The van der Waals surface area contributed by atoms with Crippen LogP contribution >= 0.6 is 11.3 Å². The smallest absolute Gasteiger partial charge is 0.309 e. The molecule has 2 heterocycles. The molecule has 1 saturated heterocycles. The van der Waals surface area contributed by atoms with Gasteiger partial charge in [-0.15, -0.1) is 0 Å². The number of hydrogen-bond donors (Lipinski definition) is 2. The molecule has 1 aliphatic rings. The minimum absolute atomic E-state index is 0.0771. The van der Waals surface area contributed by atoms with Gasteiger partial charge in [-0.05, 0) is 47.1 Å². The van der Waals surface area contributed by atoms with Gasteiger partial charge in [-0.2, -0.15) is 11.3 Å². The molecule has 8 heteroatoms. The van der Waals surface area contributed by atoms with E-state index < -0.39 is 11.8 Å². The van der Waals surface area contributed by atoms with Crippen LogP contribution in [0.3, 0.4) is 0 Å². The maximum absolute atomic E-state index is 12.3. The maximum atomic E-state index is 12.3. The Morgan fingerprint density at radius 1 is 1.07 bits per heavy atom. The van der Waals surface area contributed by atoms with Crippen molar-refractivity contribution in [2.75, 3.05) is 46.9 Å². The van der Waals surface area contributed by atoms with Gasteiger partial charge in [0.05, 0.1) is 13.2 Å². The first-order chi connectivity index (χ1) is 14.1. The zero-order valence-electron chi connectivity index (χ0n) is 16.9. The number of thiophene rings is 1. The van der Waals surface area contributed by atoms with Crippen LogP contribution in [0.25, 0.3) is 0 Å². The highest BCUT2D eigenvalue weighted by Crippen LogP contribution is 2.23. The normalized spacial score (nSPS) is 16.2. The average Bonchev–Trinajstić information content (AvgIpc) is 3.28. The summed E-state index contributed by atoms with van der Waals surface area (Å²) in [4.78, 5) is 29.2. The van der Waals surface area contributed by atoms with Crippen molar-refractivity contribution >= 4 is 23.2 Å². The summed E-state index contributed by atoms with van der Waals surface area (Å²) >= 11 is 1.64. The third-order valence-electron chi connectivity index (χ3n) is 5.18. The lowest BCUT2D eigenvalue weighted by Gasteiger charge is -2.37. The van der Waals surface area contributed by atoms with Crippen LogP contribution in [0.15, 0.2) is 41.1 Å². The molecule has 1 aromatic heterocycles. The van der Waals surface area contributed by atoms with Gasteiger partial charge in [0.15, 0.2) is 0 Å². The molecule has 3 rings (SSSR count). The average molecular weight is 417 g/mol. The number of amides is 2. The first-order valence-corrected chi connectivity index (χ1v) is 10.6. The van der Waals surface area contributed by atoms with Crippen molar-refractivity contribution in [2.45, 2.75) is 12.6 Å². The summed E-state index contributed by atoms with van der Waals surface area (Å²) in [6.45, 7) is 4.58. The van der Waals surface area contributed by atoms with Crippen LogP contribution in [0.2, 0.25) is 0 Å². The van der Waals surface area contributed by atoms with Crippen LogP contribution in [0.4, 0.5) is 0 Å². The molecule has 156 valence electrons. The van der Waals surface area contributed by atoms with Crippen molar-refractivity contribution in [1.29, 1.82) is 0 Å². The van der Waals surface area contributed by atoms with E-state index in [1.807, 2.05) is 29.6 Å². The van der Waals surface area contributed by atoms with Gasteiger partial charge in [-0.1, -0.05) is 12.1 Å². The standard InChI is InChI=1S/C21H28N4O3S/c1-24-8-10-25(11-9-24)19(17-7-12-29-15-17)14-23-21(27)20(26)22-13-16-3-5-18(28-2)6-4-16/h3-7,12,15,19H,8-11,13-14H2,1-2H3,(H,22,26)(H,23,27). The lowest BCUT2D eigenvalue weighted by molar-refractivity contribution is -0.139. The first kappa shape index (κ1) is 21.3. The van der Waals surface area contributed by atoms with Crippen molar-refractivity contribution in [1.82, 2.24) is 20.4 Å². The minimum atomic E-state index is -0.622. The molecule has 0 aliphatic carbocycles. The molecule has 29 heavy (non-hydrogen) atoms. The van der Waals surface area contributed by atoms with Crippen molar-refractivity contribution in [3.05, 3.63) is 52.2 Å². The summed E-state index contributed by atoms with van der Waals surface area (Å²) in [6.07, 6.45) is 0. The Kier molecular flexibility index (Phi) is 7.62. The van der Waals surface area contributed by atoms with E-state index in [1.54, 1.807) is 18.4 Å². The summed E-state index contributed by atoms with van der Waals surface area (Å²) in [5.74, 6) is -0.475. The quantitative estimate of drug-likeness (QED) is 0.669. The largest absolute Gasteiger partial charge is 0.497 e. The van der Waals surface area contributed by atoms with Gasteiger partial charge in [0.25, 0.3) is 0 Å². The Bertz CT molecular complexity index is 787. The minimum Gasteiger partial charge on any atom is -0.497 e. The Morgan fingerprint density at radius 3 is 2.38 bits per heavy atom. The number of rotatable bonds is 7. The molecule has 2 amide bonds. The lowest BCUT2D eigenvalue weighted by atomic mass is 10.1. The highest BCUT2D eigenvalue weighted by Gasteiger charge is 2.25. The van der Waals surface area contributed by atoms with Crippen LogP contribution in [0.1, 0.15) is 17.2 Å². The van der Waals surface area contributed by atoms with Crippen molar-refractivity contribution in [3.63, 3.8) is 0 Å².